The first-order valence-electron chi connectivity index (χ1n) is 5.25. The number of benzene rings is 1. The van der Waals surface area contributed by atoms with Crippen LogP contribution in [0.15, 0.2) is 18.2 Å². The van der Waals surface area contributed by atoms with Gasteiger partial charge in [0.25, 0.3) is 0 Å². The summed E-state index contributed by atoms with van der Waals surface area (Å²) in [7, 11) is 0. The van der Waals surface area contributed by atoms with Crippen LogP contribution in [-0.4, -0.2) is 6.04 Å². The second-order valence-corrected chi connectivity index (χ2v) is 4.10. The van der Waals surface area contributed by atoms with Gasteiger partial charge in [0.1, 0.15) is 5.82 Å². The standard InChI is InChI=1S/C13H15ClFN/c1-4-11(5-2)16-9(3)10-6-7-12(14)13(15)8-10/h1,6-9,11,16H,5H2,2-3H3. The Bertz CT molecular complexity index is 397. The highest BCUT2D eigenvalue weighted by Crippen LogP contribution is 2.20. The lowest BCUT2D eigenvalue weighted by atomic mass is 10.1. The fourth-order valence-corrected chi connectivity index (χ4v) is 1.58. The van der Waals surface area contributed by atoms with Crippen LogP contribution in [-0.2, 0) is 0 Å². The molecule has 16 heavy (non-hydrogen) atoms. The second-order valence-electron chi connectivity index (χ2n) is 3.69. The van der Waals surface area contributed by atoms with Crippen molar-refractivity contribution in [1.29, 1.82) is 0 Å². The van der Waals surface area contributed by atoms with Crippen molar-refractivity contribution in [3.05, 3.63) is 34.6 Å². The van der Waals surface area contributed by atoms with Gasteiger partial charge in [0.2, 0.25) is 0 Å². The predicted octanol–water partition coefficient (Wildman–Crippen LogP) is 3.54. The highest BCUT2D eigenvalue weighted by atomic mass is 35.5. The minimum Gasteiger partial charge on any atom is -0.297 e. The van der Waals surface area contributed by atoms with Gasteiger partial charge in [0.15, 0.2) is 0 Å². The van der Waals surface area contributed by atoms with E-state index in [-0.39, 0.29) is 17.1 Å². The normalized spacial score (nSPS) is 14.2. The molecule has 0 aromatic heterocycles. The average molecular weight is 240 g/mol. The average Bonchev–Trinajstić information content (AvgIpc) is 2.29. The maximum absolute atomic E-state index is 13.2. The van der Waals surface area contributed by atoms with Crippen molar-refractivity contribution in [2.24, 2.45) is 0 Å². The predicted molar refractivity (Wildman–Crippen MR) is 65.9 cm³/mol. The number of terminal acetylenes is 1. The van der Waals surface area contributed by atoms with Crippen molar-refractivity contribution >= 4 is 11.6 Å². The summed E-state index contributed by atoms with van der Waals surface area (Å²) < 4.78 is 13.2. The quantitative estimate of drug-likeness (QED) is 0.793. The van der Waals surface area contributed by atoms with Crippen LogP contribution in [0.5, 0.6) is 0 Å². The van der Waals surface area contributed by atoms with Gasteiger partial charge < -0.3 is 0 Å². The monoisotopic (exact) mass is 239 g/mol. The van der Waals surface area contributed by atoms with Crippen LogP contribution in [0.25, 0.3) is 0 Å². The number of hydrogen-bond donors (Lipinski definition) is 1. The van der Waals surface area contributed by atoms with Crippen molar-refractivity contribution < 1.29 is 4.39 Å². The zero-order valence-corrected chi connectivity index (χ0v) is 10.2. The highest BCUT2D eigenvalue weighted by Gasteiger charge is 2.11. The van der Waals surface area contributed by atoms with Crippen molar-refractivity contribution in [2.45, 2.75) is 32.4 Å². The van der Waals surface area contributed by atoms with Gasteiger partial charge in [-0.05, 0) is 31.0 Å². The molecule has 0 fully saturated rings. The summed E-state index contributed by atoms with van der Waals surface area (Å²) in [5.74, 6) is 2.25. The summed E-state index contributed by atoms with van der Waals surface area (Å²) in [6.45, 7) is 3.95. The van der Waals surface area contributed by atoms with Crippen molar-refractivity contribution in [2.75, 3.05) is 0 Å². The Morgan fingerprint density at radius 3 is 2.75 bits per heavy atom. The molecule has 0 saturated heterocycles. The summed E-state index contributed by atoms with van der Waals surface area (Å²) in [5.41, 5.74) is 0.843. The van der Waals surface area contributed by atoms with Gasteiger partial charge in [0, 0.05) is 6.04 Å². The van der Waals surface area contributed by atoms with Gasteiger partial charge in [-0.25, -0.2) is 4.39 Å². The van der Waals surface area contributed by atoms with Crippen molar-refractivity contribution in [1.82, 2.24) is 5.32 Å². The second kappa shape index (κ2) is 5.89. The molecule has 0 saturated carbocycles. The smallest absolute Gasteiger partial charge is 0.142 e. The fourth-order valence-electron chi connectivity index (χ4n) is 1.46. The highest BCUT2D eigenvalue weighted by molar-refractivity contribution is 6.30. The molecule has 0 aliphatic rings. The van der Waals surface area contributed by atoms with Gasteiger partial charge in [0.05, 0.1) is 11.1 Å². The summed E-state index contributed by atoms with van der Waals surface area (Å²) in [4.78, 5) is 0. The van der Waals surface area contributed by atoms with Gasteiger partial charge in [-0.2, -0.15) is 0 Å². The molecule has 2 atom stereocenters. The summed E-state index contributed by atoms with van der Waals surface area (Å²) in [6, 6.07) is 4.80. The Labute approximate surface area is 101 Å². The summed E-state index contributed by atoms with van der Waals surface area (Å²) in [5, 5.41) is 3.37. The Kier molecular flexibility index (Phi) is 4.79. The molecule has 0 heterocycles. The third-order valence-corrected chi connectivity index (χ3v) is 2.81. The van der Waals surface area contributed by atoms with Crippen LogP contribution in [0.3, 0.4) is 0 Å². The number of halogens is 2. The third-order valence-electron chi connectivity index (χ3n) is 2.50. The fraction of sp³-hybridized carbons (Fsp3) is 0.385. The molecule has 0 spiro atoms. The molecule has 1 nitrogen and oxygen atoms in total. The topological polar surface area (TPSA) is 12.0 Å². The molecular weight excluding hydrogens is 225 g/mol. The van der Waals surface area contributed by atoms with Crippen molar-refractivity contribution in [3.63, 3.8) is 0 Å². The first-order valence-corrected chi connectivity index (χ1v) is 5.63. The maximum atomic E-state index is 13.2. The lowest BCUT2D eigenvalue weighted by Gasteiger charge is -2.18. The zero-order valence-electron chi connectivity index (χ0n) is 9.43. The van der Waals surface area contributed by atoms with Gasteiger partial charge in [-0.3, -0.25) is 5.32 Å². The minimum absolute atomic E-state index is 0.00719. The van der Waals surface area contributed by atoms with E-state index in [1.165, 1.54) is 6.07 Å². The van der Waals surface area contributed by atoms with E-state index in [1.54, 1.807) is 12.1 Å². The number of nitrogens with one attached hydrogen (secondary N) is 1. The van der Waals surface area contributed by atoms with Crippen LogP contribution in [0.1, 0.15) is 31.9 Å². The third kappa shape index (κ3) is 3.23. The number of hydrogen-bond acceptors (Lipinski definition) is 1. The molecule has 1 N–H and O–H groups in total. The molecule has 3 heteroatoms. The number of rotatable bonds is 4. The zero-order chi connectivity index (χ0) is 12.1. The van der Waals surface area contributed by atoms with Crippen molar-refractivity contribution in [3.8, 4) is 12.3 Å². The summed E-state index contributed by atoms with van der Waals surface area (Å²) >= 11 is 5.62. The molecule has 2 unspecified atom stereocenters. The first kappa shape index (κ1) is 13.0. The first-order chi connectivity index (χ1) is 7.58. The van der Waals surface area contributed by atoms with E-state index < -0.39 is 5.82 Å². The van der Waals surface area contributed by atoms with Crippen LogP contribution in [0, 0.1) is 18.2 Å². The van der Waals surface area contributed by atoms with E-state index in [4.69, 9.17) is 18.0 Å². The molecule has 1 rings (SSSR count). The maximum Gasteiger partial charge on any atom is 0.142 e. The Morgan fingerprint density at radius 2 is 2.25 bits per heavy atom. The van der Waals surface area contributed by atoms with Gasteiger partial charge in [-0.1, -0.05) is 30.5 Å². The van der Waals surface area contributed by atoms with E-state index in [2.05, 4.69) is 11.2 Å². The Balaban J connectivity index is 2.77. The van der Waals surface area contributed by atoms with E-state index in [9.17, 15) is 4.39 Å². The summed E-state index contributed by atoms with van der Waals surface area (Å²) in [6.07, 6.45) is 6.20. The molecular formula is C13H15ClFN. The SMILES string of the molecule is C#CC(CC)NC(C)c1ccc(Cl)c(F)c1. The molecule has 0 radical (unpaired) electrons. The van der Waals surface area contributed by atoms with Crippen LogP contribution < -0.4 is 5.32 Å². The molecule has 0 amide bonds. The lowest BCUT2D eigenvalue weighted by molar-refractivity contribution is 0.509. The molecule has 0 aliphatic heterocycles. The van der Waals surface area contributed by atoms with Crippen LogP contribution in [0.4, 0.5) is 4.39 Å². The van der Waals surface area contributed by atoms with E-state index in [0.717, 1.165) is 12.0 Å². The molecule has 1 aromatic carbocycles. The van der Waals surface area contributed by atoms with Crippen LogP contribution >= 0.6 is 11.6 Å². The van der Waals surface area contributed by atoms with E-state index in [1.807, 2.05) is 13.8 Å². The Morgan fingerprint density at radius 1 is 1.56 bits per heavy atom. The molecule has 0 aliphatic carbocycles. The van der Waals surface area contributed by atoms with E-state index >= 15 is 0 Å². The van der Waals surface area contributed by atoms with Crippen LogP contribution in [0.2, 0.25) is 5.02 Å². The van der Waals surface area contributed by atoms with Gasteiger partial charge >= 0.3 is 0 Å². The van der Waals surface area contributed by atoms with Gasteiger partial charge in [-0.15, -0.1) is 6.42 Å². The largest absolute Gasteiger partial charge is 0.297 e. The Hall–Kier alpha value is -1.04. The lowest BCUT2D eigenvalue weighted by Crippen LogP contribution is -2.29. The van der Waals surface area contributed by atoms with E-state index in [0.29, 0.717) is 0 Å². The molecule has 0 bridgehead atoms. The molecule has 1 aromatic rings. The molecule has 86 valence electrons. The minimum atomic E-state index is -0.401.